The van der Waals surface area contributed by atoms with E-state index in [9.17, 15) is 14.0 Å². The number of carbonyl (C=O) groups is 2. The van der Waals surface area contributed by atoms with Gasteiger partial charge in [0.2, 0.25) is 5.91 Å². The molecule has 2 amide bonds. The number of amides is 2. The van der Waals surface area contributed by atoms with Crippen molar-refractivity contribution in [3.05, 3.63) is 40.1 Å². The minimum absolute atomic E-state index is 0.0911. The van der Waals surface area contributed by atoms with Gasteiger partial charge in [-0.3, -0.25) is 9.59 Å². The number of aromatic nitrogens is 1. The lowest BCUT2D eigenvalue weighted by Gasteiger charge is -2.08. The molecule has 1 aliphatic heterocycles. The highest BCUT2D eigenvalue weighted by molar-refractivity contribution is 7.16. The molecule has 1 saturated heterocycles. The van der Waals surface area contributed by atoms with Gasteiger partial charge in [0.25, 0.3) is 5.91 Å². The van der Waals surface area contributed by atoms with Crippen LogP contribution in [-0.4, -0.2) is 28.4 Å². The van der Waals surface area contributed by atoms with Crippen LogP contribution in [0.3, 0.4) is 0 Å². The van der Waals surface area contributed by atoms with Gasteiger partial charge in [-0.2, -0.15) is 0 Å². The van der Waals surface area contributed by atoms with Gasteiger partial charge < -0.3 is 10.6 Å². The molecule has 2 aromatic rings. The molecule has 2 aliphatic rings. The van der Waals surface area contributed by atoms with E-state index in [2.05, 4.69) is 15.6 Å². The SMILES string of the molecule is O=C(N[C@@H]1CC2(CC2)NC1=O)c1cnc(-c2cc(F)cc(Cl)c2)s1. The number of benzene rings is 1. The van der Waals surface area contributed by atoms with Crippen molar-refractivity contribution < 1.29 is 14.0 Å². The lowest BCUT2D eigenvalue weighted by atomic mass is 10.1. The molecule has 4 rings (SSSR count). The van der Waals surface area contributed by atoms with Gasteiger partial charge >= 0.3 is 0 Å². The maximum atomic E-state index is 13.4. The molecular weight excluding hydrogens is 353 g/mol. The van der Waals surface area contributed by atoms with E-state index in [1.807, 2.05) is 0 Å². The summed E-state index contributed by atoms with van der Waals surface area (Å²) in [4.78, 5) is 28.8. The number of rotatable bonds is 3. The van der Waals surface area contributed by atoms with E-state index in [0.29, 0.717) is 21.9 Å². The average molecular weight is 366 g/mol. The summed E-state index contributed by atoms with van der Waals surface area (Å²) in [5.74, 6) is -0.947. The number of carbonyl (C=O) groups excluding carboxylic acids is 2. The first-order chi connectivity index (χ1) is 11.4. The molecule has 1 saturated carbocycles. The standard InChI is InChI=1S/C16H13ClFN3O2S/c17-9-3-8(4-10(18)5-9)15-19-7-12(24-15)14(23)20-11-6-16(1-2-16)21-13(11)22/h3-5,7,11H,1-2,6H2,(H,20,23)(H,21,22)/t11-/m1/s1. The Morgan fingerprint density at radius 1 is 1.42 bits per heavy atom. The molecule has 1 atom stereocenters. The topological polar surface area (TPSA) is 71.1 Å². The van der Waals surface area contributed by atoms with Gasteiger partial charge in [0.15, 0.2) is 0 Å². The van der Waals surface area contributed by atoms with Gasteiger partial charge in [0, 0.05) is 16.1 Å². The Kier molecular flexibility index (Phi) is 3.58. The van der Waals surface area contributed by atoms with Crippen LogP contribution in [-0.2, 0) is 4.79 Å². The molecule has 8 heteroatoms. The fourth-order valence-corrected chi connectivity index (χ4v) is 3.93. The molecule has 1 spiro atoms. The van der Waals surface area contributed by atoms with Crippen molar-refractivity contribution in [1.29, 1.82) is 0 Å². The average Bonchev–Trinajstić information content (AvgIpc) is 2.96. The Balaban J connectivity index is 1.50. The summed E-state index contributed by atoms with van der Waals surface area (Å²) in [6.45, 7) is 0. The number of halogens is 2. The molecular formula is C16H13ClFN3O2S. The first-order valence-electron chi connectivity index (χ1n) is 7.49. The second-order valence-corrected chi connectivity index (χ2v) is 7.65. The molecule has 124 valence electrons. The third kappa shape index (κ3) is 2.89. The minimum Gasteiger partial charge on any atom is -0.349 e. The quantitative estimate of drug-likeness (QED) is 0.878. The van der Waals surface area contributed by atoms with E-state index in [1.54, 1.807) is 6.07 Å². The van der Waals surface area contributed by atoms with Crippen molar-refractivity contribution >= 4 is 34.8 Å². The van der Waals surface area contributed by atoms with Crippen LogP contribution in [0.2, 0.25) is 5.02 Å². The smallest absolute Gasteiger partial charge is 0.263 e. The second kappa shape index (κ2) is 5.53. The van der Waals surface area contributed by atoms with Crippen LogP contribution in [0.4, 0.5) is 4.39 Å². The van der Waals surface area contributed by atoms with Crippen LogP contribution in [0, 0.1) is 5.82 Å². The molecule has 1 aliphatic carbocycles. The molecule has 0 radical (unpaired) electrons. The van der Waals surface area contributed by atoms with Crippen molar-refractivity contribution in [2.24, 2.45) is 0 Å². The van der Waals surface area contributed by atoms with Crippen LogP contribution >= 0.6 is 22.9 Å². The maximum absolute atomic E-state index is 13.4. The second-order valence-electron chi connectivity index (χ2n) is 6.19. The molecule has 1 aromatic carbocycles. The molecule has 2 N–H and O–H groups in total. The molecule has 1 aromatic heterocycles. The predicted molar refractivity (Wildman–Crippen MR) is 88.5 cm³/mol. The summed E-state index contributed by atoms with van der Waals surface area (Å²) in [5.41, 5.74) is 0.422. The number of hydrogen-bond donors (Lipinski definition) is 2. The number of nitrogens with one attached hydrogen (secondary N) is 2. The first-order valence-corrected chi connectivity index (χ1v) is 8.69. The summed E-state index contributed by atoms with van der Waals surface area (Å²) < 4.78 is 13.4. The molecule has 0 bridgehead atoms. The van der Waals surface area contributed by atoms with Gasteiger partial charge in [-0.05, 0) is 37.5 Å². The van der Waals surface area contributed by atoms with Gasteiger partial charge in [-0.25, -0.2) is 9.37 Å². The molecule has 5 nitrogen and oxygen atoms in total. The largest absolute Gasteiger partial charge is 0.349 e. The van der Waals surface area contributed by atoms with Crippen LogP contribution in [0.1, 0.15) is 28.9 Å². The Labute approximate surface area is 146 Å². The first kappa shape index (κ1) is 15.5. The van der Waals surface area contributed by atoms with Gasteiger partial charge in [0.05, 0.1) is 6.20 Å². The Morgan fingerprint density at radius 2 is 2.21 bits per heavy atom. The van der Waals surface area contributed by atoms with Crippen LogP contribution in [0.25, 0.3) is 10.6 Å². The fraction of sp³-hybridized carbons (Fsp3) is 0.312. The van der Waals surface area contributed by atoms with Gasteiger partial charge in [-0.1, -0.05) is 11.6 Å². The Bertz CT molecular complexity index is 829. The summed E-state index contributed by atoms with van der Waals surface area (Å²) >= 11 is 6.98. The highest BCUT2D eigenvalue weighted by atomic mass is 35.5. The van der Waals surface area contributed by atoms with Crippen molar-refractivity contribution in [2.75, 3.05) is 0 Å². The van der Waals surface area contributed by atoms with Crippen molar-refractivity contribution in [3.63, 3.8) is 0 Å². The van der Waals surface area contributed by atoms with E-state index >= 15 is 0 Å². The summed E-state index contributed by atoms with van der Waals surface area (Å²) in [6, 6.07) is 3.60. The van der Waals surface area contributed by atoms with E-state index in [-0.39, 0.29) is 22.4 Å². The van der Waals surface area contributed by atoms with E-state index < -0.39 is 11.9 Å². The molecule has 2 fully saturated rings. The number of nitrogens with zero attached hydrogens (tertiary/aromatic N) is 1. The number of hydrogen-bond acceptors (Lipinski definition) is 4. The van der Waals surface area contributed by atoms with Crippen molar-refractivity contribution in [3.8, 4) is 10.6 Å². The van der Waals surface area contributed by atoms with E-state index in [4.69, 9.17) is 11.6 Å². The highest BCUT2D eigenvalue weighted by Crippen LogP contribution is 2.43. The van der Waals surface area contributed by atoms with Gasteiger partial charge in [0.1, 0.15) is 21.7 Å². The Morgan fingerprint density at radius 3 is 2.88 bits per heavy atom. The minimum atomic E-state index is -0.505. The zero-order chi connectivity index (χ0) is 16.9. The lowest BCUT2D eigenvalue weighted by molar-refractivity contribution is -0.121. The molecule has 0 unspecified atom stereocenters. The molecule has 24 heavy (non-hydrogen) atoms. The fourth-order valence-electron chi connectivity index (χ4n) is 2.90. The summed E-state index contributed by atoms with van der Waals surface area (Å²) in [5, 5.41) is 6.44. The summed E-state index contributed by atoms with van der Waals surface area (Å²) in [6.07, 6.45) is 3.99. The lowest BCUT2D eigenvalue weighted by Crippen LogP contribution is -2.39. The van der Waals surface area contributed by atoms with Crippen LogP contribution < -0.4 is 10.6 Å². The van der Waals surface area contributed by atoms with Crippen LogP contribution in [0.5, 0.6) is 0 Å². The zero-order valence-electron chi connectivity index (χ0n) is 12.4. The highest BCUT2D eigenvalue weighted by Gasteiger charge is 2.52. The zero-order valence-corrected chi connectivity index (χ0v) is 14.0. The molecule has 2 heterocycles. The van der Waals surface area contributed by atoms with Crippen molar-refractivity contribution in [2.45, 2.75) is 30.8 Å². The van der Waals surface area contributed by atoms with Crippen molar-refractivity contribution in [1.82, 2.24) is 15.6 Å². The Hall–Kier alpha value is -1.99. The third-order valence-corrected chi connectivity index (χ3v) is 5.56. The third-order valence-electron chi connectivity index (χ3n) is 4.30. The van der Waals surface area contributed by atoms with E-state index in [1.165, 1.54) is 18.3 Å². The summed E-state index contributed by atoms with van der Waals surface area (Å²) in [7, 11) is 0. The normalized spacial score (nSPS) is 20.9. The monoisotopic (exact) mass is 365 g/mol. The number of thiazole rings is 1. The van der Waals surface area contributed by atoms with Crippen LogP contribution in [0.15, 0.2) is 24.4 Å². The van der Waals surface area contributed by atoms with E-state index in [0.717, 1.165) is 24.2 Å². The maximum Gasteiger partial charge on any atom is 0.263 e. The predicted octanol–water partition coefficient (Wildman–Crippen LogP) is 2.75. The van der Waals surface area contributed by atoms with Gasteiger partial charge in [-0.15, -0.1) is 11.3 Å².